The molecule has 23 heavy (non-hydrogen) atoms. The van der Waals surface area contributed by atoms with Crippen molar-refractivity contribution >= 4 is 40.3 Å². The van der Waals surface area contributed by atoms with Crippen LogP contribution in [0.3, 0.4) is 0 Å². The van der Waals surface area contributed by atoms with Gasteiger partial charge in [-0.05, 0) is 18.2 Å². The SMILES string of the molecule is COc1ccc([C@H]2CC(c3cc(Cl)sc3Cl)=NN2C)c(OC)c1. The van der Waals surface area contributed by atoms with E-state index in [2.05, 4.69) is 5.10 Å². The van der Waals surface area contributed by atoms with Crippen LogP contribution >= 0.6 is 34.5 Å². The Morgan fingerprint density at radius 1 is 1.22 bits per heavy atom. The fraction of sp³-hybridized carbons (Fsp3) is 0.312. The predicted octanol–water partition coefficient (Wildman–Crippen LogP) is 4.85. The van der Waals surface area contributed by atoms with E-state index in [1.54, 1.807) is 14.2 Å². The highest BCUT2D eigenvalue weighted by atomic mass is 35.5. The molecule has 0 fully saturated rings. The summed E-state index contributed by atoms with van der Waals surface area (Å²) in [5.74, 6) is 1.55. The van der Waals surface area contributed by atoms with E-state index in [-0.39, 0.29) is 6.04 Å². The van der Waals surface area contributed by atoms with Crippen LogP contribution in [0.15, 0.2) is 29.4 Å². The zero-order valence-corrected chi connectivity index (χ0v) is 15.3. The summed E-state index contributed by atoms with van der Waals surface area (Å²) in [7, 11) is 5.24. The van der Waals surface area contributed by atoms with E-state index in [1.165, 1.54) is 11.3 Å². The number of benzene rings is 1. The topological polar surface area (TPSA) is 34.1 Å². The molecule has 122 valence electrons. The third-order valence-corrected chi connectivity index (χ3v) is 5.37. The van der Waals surface area contributed by atoms with Crippen molar-refractivity contribution in [2.24, 2.45) is 5.10 Å². The molecular formula is C16H16Cl2N2O2S. The van der Waals surface area contributed by atoms with Crippen molar-refractivity contribution in [2.45, 2.75) is 12.5 Å². The van der Waals surface area contributed by atoms with Crippen molar-refractivity contribution in [3.05, 3.63) is 44.1 Å². The van der Waals surface area contributed by atoms with Gasteiger partial charge < -0.3 is 9.47 Å². The van der Waals surface area contributed by atoms with Gasteiger partial charge in [0.05, 0.1) is 30.3 Å². The van der Waals surface area contributed by atoms with Gasteiger partial charge in [-0.2, -0.15) is 5.10 Å². The monoisotopic (exact) mass is 370 g/mol. The van der Waals surface area contributed by atoms with Crippen LogP contribution in [0.2, 0.25) is 8.67 Å². The lowest BCUT2D eigenvalue weighted by Crippen LogP contribution is -2.15. The molecule has 2 heterocycles. The second kappa shape index (κ2) is 6.59. The Morgan fingerprint density at radius 3 is 2.61 bits per heavy atom. The quantitative estimate of drug-likeness (QED) is 0.770. The number of hydrazone groups is 1. The highest BCUT2D eigenvalue weighted by Crippen LogP contribution is 2.40. The Kier molecular flexibility index (Phi) is 4.71. The smallest absolute Gasteiger partial charge is 0.127 e. The molecule has 2 aromatic rings. The maximum Gasteiger partial charge on any atom is 0.127 e. The van der Waals surface area contributed by atoms with Crippen LogP contribution in [-0.4, -0.2) is 32.0 Å². The number of rotatable bonds is 4. The predicted molar refractivity (Wildman–Crippen MR) is 95.5 cm³/mol. The number of nitrogens with zero attached hydrogens (tertiary/aromatic N) is 2. The number of ether oxygens (including phenoxy) is 2. The number of hydrogen-bond donors (Lipinski definition) is 0. The molecule has 0 unspecified atom stereocenters. The maximum absolute atomic E-state index is 6.26. The number of hydrogen-bond acceptors (Lipinski definition) is 5. The van der Waals surface area contributed by atoms with E-state index in [0.29, 0.717) is 8.67 Å². The van der Waals surface area contributed by atoms with E-state index in [0.717, 1.165) is 34.8 Å². The van der Waals surface area contributed by atoms with Gasteiger partial charge in [0, 0.05) is 30.7 Å². The number of halogens is 2. The summed E-state index contributed by atoms with van der Waals surface area (Å²) in [6.07, 6.45) is 0.742. The van der Waals surface area contributed by atoms with E-state index in [1.807, 2.05) is 36.3 Å². The van der Waals surface area contributed by atoms with Crippen LogP contribution in [0.4, 0.5) is 0 Å². The largest absolute Gasteiger partial charge is 0.497 e. The lowest BCUT2D eigenvalue weighted by molar-refractivity contribution is 0.280. The second-order valence-corrected chi connectivity index (χ2v) is 7.47. The summed E-state index contributed by atoms with van der Waals surface area (Å²) < 4.78 is 12.1. The molecule has 1 aromatic heterocycles. The second-order valence-electron chi connectivity index (χ2n) is 5.19. The Morgan fingerprint density at radius 2 is 2.00 bits per heavy atom. The van der Waals surface area contributed by atoms with Gasteiger partial charge >= 0.3 is 0 Å². The summed E-state index contributed by atoms with van der Waals surface area (Å²) >= 11 is 13.7. The molecule has 0 N–H and O–H groups in total. The summed E-state index contributed by atoms with van der Waals surface area (Å²) in [5.41, 5.74) is 2.90. The van der Waals surface area contributed by atoms with Crippen molar-refractivity contribution in [3.63, 3.8) is 0 Å². The molecule has 0 bridgehead atoms. The van der Waals surface area contributed by atoms with Gasteiger partial charge in [-0.25, -0.2) is 0 Å². The van der Waals surface area contributed by atoms with Gasteiger partial charge in [-0.15, -0.1) is 11.3 Å². The minimum Gasteiger partial charge on any atom is -0.497 e. The average molecular weight is 371 g/mol. The zero-order chi connectivity index (χ0) is 16.6. The summed E-state index contributed by atoms with van der Waals surface area (Å²) in [4.78, 5) is 0. The third-order valence-electron chi connectivity index (χ3n) is 3.88. The van der Waals surface area contributed by atoms with Crippen LogP contribution in [0.25, 0.3) is 0 Å². The van der Waals surface area contributed by atoms with Gasteiger partial charge in [0.25, 0.3) is 0 Å². The molecule has 4 nitrogen and oxygen atoms in total. The van der Waals surface area contributed by atoms with Crippen LogP contribution < -0.4 is 9.47 Å². The minimum absolute atomic E-state index is 0.0839. The lowest BCUT2D eigenvalue weighted by atomic mass is 9.99. The van der Waals surface area contributed by atoms with Crippen molar-refractivity contribution < 1.29 is 9.47 Å². The minimum atomic E-state index is 0.0839. The number of methoxy groups -OCH3 is 2. The van der Waals surface area contributed by atoms with E-state index < -0.39 is 0 Å². The van der Waals surface area contributed by atoms with Crippen molar-refractivity contribution in [2.75, 3.05) is 21.3 Å². The molecular weight excluding hydrogens is 355 g/mol. The molecule has 1 atom stereocenters. The fourth-order valence-corrected chi connectivity index (χ4v) is 4.23. The van der Waals surface area contributed by atoms with Gasteiger partial charge in [0.15, 0.2) is 0 Å². The number of thiophene rings is 1. The van der Waals surface area contributed by atoms with Crippen LogP contribution in [0, 0.1) is 0 Å². The molecule has 0 amide bonds. The van der Waals surface area contributed by atoms with Crippen LogP contribution in [0.1, 0.15) is 23.6 Å². The van der Waals surface area contributed by atoms with Gasteiger partial charge in [-0.1, -0.05) is 23.2 Å². The Labute approximate surface area is 149 Å². The van der Waals surface area contributed by atoms with Crippen molar-refractivity contribution in [3.8, 4) is 11.5 Å². The molecule has 1 aromatic carbocycles. The first-order valence-corrected chi connectivity index (χ1v) is 8.58. The Hall–Kier alpha value is -1.43. The fourth-order valence-electron chi connectivity index (χ4n) is 2.72. The normalized spacial score (nSPS) is 17.3. The third kappa shape index (κ3) is 3.13. The Balaban J connectivity index is 1.91. The zero-order valence-electron chi connectivity index (χ0n) is 13.0. The highest BCUT2D eigenvalue weighted by molar-refractivity contribution is 7.20. The summed E-state index contributed by atoms with van der Waals surface area (Å²) in [6.45, 7) is 0. The van der Waals surface area contributed by atoms with Crippen LogP contribution in [0.5, 0.6) is 11.5 Å². The molecule has 0 radical (unpaired) electrons. The first-order chi connectivity index (χ1) is 11.0. The van der Waals surface area contributed by atoms with Gasteiger partial charge in [-0.3, -0.25) is 5.01 Å². The molecule has 1 aliphatic heterocycles. The summed E-state index contributed by atoms with van der Waals surface area (Å²) in [6, 6.07) is 7.78. The average Bonchev–Trinajstić information content (AvgIpc) is 3.08. The molecule has 0 spiro atoms. The standard InChI is InChI=1S/C16H16Cl2N2O2S/c1-20-13(10-5-4-9(21-2)6-14(10)22-3)8-12(19-20)11-7-15(17)23-16(11)18/h4-7,13H,8H2,1-3H3/t13-/m1/s1. The van der Waals surface area contributed by atoms with Crippen molar-refractivity contribution in [1.29, 1.82) is 0 Å². The van der Waals surface area contributed by atoms with Crippen LogP contribution in [-0.2, 0) is 0 Å². The molecule has 7 heteroatoms. The van der Waals surface area contributed by atoms with E-state index >= 15 is 0 Å². The van der Waals surface area contributed by atoms with Gasteiger partial charge in [0.1, 0.15) is 15.8 Å². The van der Waals surface area contributed by atoms with E-state index in [9.17, 15) is 0 Å². The molecule has 0 saturated carbocycles. The summed E-state index contributed by atoms with van der Waals surface area (Å²) in [5, 5.41) is 6.57. The maximum atomic E-state index is 6.26. The van der Waals surface area contributed by atoms with Crippen molar-refractivity contribution in [1.82, 2.24) is 5.01 Å². The Bertz CT molecular complexity index is 761. The molecule has 0 saturated heterocycles. The highest BCUT2D eigenvalue weighted by Gasteiger charge is 2.30. The molecule has 1 aliphatic rings. The lowest BCUT2D eigenvalue weighted by Gasteiger charge is -2.21. The first kappa shape index (κ1) is 16.4. The molecule has 0 aliphatic carbocycles. The first-order valence-electron chi connectivity index (χ1n) is 7.01. The van der Waals surface area contributed by atoms with Gasteiger partial charge in [0.2, 0.25) is 0 Å². The van der Waals surface area contributed by atoms with E-state index in [4.69, 9.17) is 32.7 Å². The molecule has 3 rings (SSSR count).